The van der Waals surface area contributed by atoms with Crippen LogP contribution in [0.5, 0.6) is 0 Å². The molecule has 0 aliphatic rings. The Morgan fingerprint density at radius 1 is 0.833 bits per heavy atom. The van der Waals surface area contributed by atoms with Crippen molar-refractivity contribution >= 4 is 35.5 Å². The number of primary amides is 2. The summed E-state index contributed by atoms with van der Waals surface area (Å²) in [6.07, 6.45) is -0.973. The lowest BCUT2D eigenvalue weighted by Crippen LogP contribution is -2.57. The van der Waals surface area contributed by atoms with Crippen LogP contribution in [0, 0.1) is 5.92 Å². The quantitative estimate of drug-likeness (QED) is 0.147. The van der Waals surface area contributed by atoms with Crippen LogP contribution in [0.3, 0.4) is 0 Å². The van der Waals surface area contributed by atoms with Crippen molar-refractivity contribution < 1.29 is 33.9 Å². The van der Waals surface area contributed by atoms with E-state index in [1.165, 1.54) is 0 Å². The Kier molecular flexibility index (Phi) is 11.7. The molecule has 0 saturated heterocycles. The van der Waals surface area contributed by atoms with Crippen molar-refractivity contribution in [2.24, 2.45) is 23.1 Å². The summed E-state index contributed by atoms with van der Waals surface area (Å²) in [5.41, 5.74) is 15.3. The van der Waals surface area contributed by atoms with Crippen molar-refractivity contribution in [3.63, 3.8) is 0 Å². The molecule has 0 spiro atoms. The van der Waals surface area contributed by atoms with E-state index in [2.05, 4.69) is 16.0 Å². The van der Waals surface area contributed by atoms with Gasteiger partial charge in [-0.15, -0.1) is 0 Å². The predicted molar refractivity (Wildman–Crippen MR) is 104 cm³/mol. The van der Waals surface area contributed by atoms with Crippen LogP contribution in [0.15, 0.2) is 0 Å². The average molecular weight is 430 g/mol. The summed E-state index contributed by atoms with van der Waals surface area (Å²) in [6, 6.07) is -4.00. The summed E-state index contributed by atoms with van der Waals surface area (Å²) in [6.45, 7) is 3.25. The molecule has 5 amide bonds. The maximum absolute atomic E-state index is 12.6. The van der Waals surface area contributed by atoms with E-state index in [1.807, 2.05) is 0 Å². The van der Waals surface area contributed by atoms with Crippen molar-refractivity contribution in [1.29, 1.82) is 0 Å². The molecule has 10 N–H and O–H groups in total. The number of carbonyl (C=O) groups excluding carboxylic acids is 5. The van der Waals surface area contributed by atoms with E-state index < -0.39 is 60.1 Å². The fourth-order valence-electron chi connectivity index (χ4n) is 2.46. The molecular weight excluding hydrogens is 400 g/mol. The van der Waals surface area contributed by atoms with Gasteiger partial charge in [-0.25, -0.2) is 4.79 Å². The molecule has 0 rings (SSSR count). The summed E-state index contributed by atoms with van der Waals surface area (Å²) in [5.74, 6) is -5.47. The molecule has 0 aliphatic heterocycles. The number of carboxylic acids is 1. The zero-order valence-electron chi connectivity index (χ0n) is 17.0. The van der Waals surface area contributed by atoms with Gasteiger partial charge < -0.3 is 38.3 Å². The third kappa shape index (κ3) is 10.9. The van der Waals surface area contributed by atoms with Crippen molar-refractivity contribution in [3.05, 3.63) is 0 Å². The second-order valence-corrected chi connectivity index (χ2v) is 7.09. The van der Waals surface area contributed by atoms with Gasteiger partial charge in [0.1, 0.15) is 18.1 Å². The third-order valence-electron chi connectivity index (χ3n) is 3.88. The van der Waals surface area contributed by atoms with Gasteiger partial charge in [0, 0.05) is 6.42 Å². The standard InChI is InChI=1S/C17H30N6O7/c1-8(2)5-10(21-14(26)7-18)15(27)23-11(6-13(20)25)16(28)22-9(17(29)30)3-4-12(19)24/h8-11H,3-7,18H2,1-2H3,(H2,19,24)(H2,20,25)(H,21,26)(H,22,28)(H,23,27)(H,29,30). The maximum Gasteiger partial charge on any atom is 0.326 e. The Morgan fingerprint density at radius 3 is 1.80 bits per heavy atom. The van der Waals surface area contributed by atoms with Crippen LogP contribution in [0.25, 0.3) is 0 Å². The highest BCUT2D eigenvalue weighted by atomic mass is 16.4. The lowest BCUT2D eigenvalue weighted by Gasteiger charge is -2.24. The minimum Gasteiger partial charge on any atom is -0.480 e. The number of nitrogens with one attached hydrogen (secondary N) is 3. The van der Waals surface area contributed by atoms with E-state index in [-0.39, 0.29) is 31.7 Å². The molecule has 0 radical (unpaired) electrons. The first kappa shape index (κ1) is 26.8. The Labute approximate surface area is 173 Å². The van der Waals surface area contributed by atoms with Gasteiger partial charge in [-0.2, -0.15) is 0 Å². The minimum absolute atomic E-state index is 0.00701. The highest BCUT2D eigenvalue weighted by Crippen LogP contribution is 2.07. The van der Waals surface area contributed by atoms with E-state index >= 15 is 0 Å². The van der Waals surface area contributed by atoms with Crippen molar-refractivity contribution in [3.8, 4) is 0 Å². The maximum atomic E-state index is 12.6. The van der Waals surface area contributed by atoms with Gasteiger partial charge >= 0.3 is 5.97 Å². The second-order valence-electron chi connectivity index (χ2n) is 7.09. The third-order valence-corrected chi connectivity index (χ3v) is 3.88. The number of aliphatic carboxylic acids is 1. The van der Waals surface area contributed by atoms with Crippen LogP contribution in [-0.4, -0.2) is 65.3 Å². The van der Waals surface area contributed by atoms with E-state index in [1.54, 1.807) is 13.8 Å². The molecule has 3 unspecified atom stereocenters. The summed E-state index contributed by atoms with van der Waals surface area (Å²) >= 11 is 0. The molecule has 13 heteroatoms. The smallest absolute Gasteiger partial charge is 0.326 e. The molecule has 170 valence electrons. The normalized spacial score (nSPS) is 13.6. The Morgan fingerprint density at radius 2 is 1.37 bits per heavy atom. The molecule has 30 heavy (non-hydrogen) atoms. The predicted octanol–water partition coefficient (Wildman–Crippen LogP) is -3.33. The van der Waals surface area contributed by atoms with Gasteiger partial charge in [0.2, 0.25) is 29.5 Å². The number of hydrogen-bond acceptors (Lipinski definition) is 7. The van der Waals surface area contributed by atoms with Gasteiger partial charge in [0.25, 0.3) is 0 Å². The molecule has 0 saturated carbocycles. The number of carbonyl (C=O) groups is 6. The summed E-state index contributed by atoms with van der Waals surface area (Å²) in [4.78, 5) is 70.1. The van der Waals surface area contributed by atoms with Crippen molar-refractivity contribution in [2.75, 3.05) is 6.54 Å². The highest BCUT2D eigenvalue weighted by molar-refractivity contribution is 5.95. The molecule has 0 bridgehead atoms. The number of carboxylic acid groups (broad SMARTS) is 1. The first-order valence-electron chi connectivity index (χ1n) is 9.26. The summed E-state index contributed by atoms with van der Waals surface area (Å²) in [7, 11) is 0. The zero-order valence-corrected chi connectivity index (χ0v) is 17.0. The van der Waals surface area contributed by atoms with Crippen LogP contribution < -0.4 is 33.2 Å². The molecule has 13 nitrogen and oxygen atoms in total. The average Bonchev–Trinajstić information content (AvgIpc) is 2.62. The monoisotopic (exact) mass is 430 g/mol. The Bertz CT molecular complexity index is 667. The van der Waals surface area contributed by atoms with Crippen LogP contribution in [0.4, 0.5) is 0 Å². The van der Waals surface area contributed by atoms with E-state index in [0.29, 0.717) is 0 Å². The van der Waals surface area contributed by atoms with Crippen molar-refractivity contribution in [1.82, 2.24) is 16.0 Å². The number of hydrogen-bond donors (Lipinski definition) is 7. The minimum atomic E-state index is -1.49. The van der Waals surface area contributed by atoms with E-state index in [9.17, 15) is 33.9 Å². The topological polar surface area (TPSA) is 237 Å². The Hall–Kier alpha value is -3.22. The molecule has 0 aromatic rings. The fraction of sp³-hybridized carbons (Fsp3) is 0.647. The second kappa shape index (κ2) is 13.1. The first-order valence-corrected chi connectivity index (χ1v) is 9.26. The number of amides is 5. The van der Waals surface area contributed by atoms with E-state index in [4.69, 9.17) is 17.2 Å². The van der Waals surface area contributed by atoms with Crippen LogP contribution >= 0.6 is 0 Å². The Balaban J connectivity index is 5.38. The zero-order chi connectivity index (χ0) is 23.4. The van der Waals surface area contributed by atoms with Crippen LogP contribution in [0.2, 0.25) is 0 Å². The van der Waals surface area contributed by atoms with Crippen molar-refractivity contribution in [2.45, 2.75) is 57.7 Å². The molecule has 0 heterocycles. The van der Waals surface area contributed by atoms with Gasteiger partial charge in [-0.05, 0) is 18.8 Å². The van der Waals surface area contributed by atoms with Crippen LogP contribution in [0.1, 0.15) is 39.5 Å². The molecule has 0 aromatic heterocycles. The number of rotatable bonds is 14. The van der Waals surface area contributed by atoms with Gasteiger partial charge in [0.05, 0.1) is 13.0 Å². The molecule has 0 fully saturated rings. The highest BCUT2D eigenvalue weighted by Gasteiger charge is 2.30. The summed E-state index contributed by atoms with van der Waals surface area (Å²) < 4.78 is 0. The van der Waals surface area contributed by atoms with Crippen LogP contribution in [-0.2, 0) is 28.8 Å². The number of nitrogens with two attached hydrogens (primary N) is 3. The SMILES string of the molecule is CC(C)CC(NC(=O)CN)C(=O)NC(CC(N)=O)C(=O)NC(CCC(N)=O)C(=O)O. The largest absolute Gasteiger partial charge is 0.480 e. The van der Waals surface area contributed by atoms with Gasteiger partial charge in [0.15, 0.2) is 0 Å². The molecule has 0 aliphatic carbocycles. The molecule has 0 aromatic carbocycles. The molecule has 3 atom stereocenters. The molecular formula is C17H30N6O7. The summed E-state index contributed by atoms with van der Waals surface area (Å²) in [5, 5.41) is 16.0. The first-order chi connectivity index (χ1) is 13.9. The van der Waals surface area contributed by atoms with Gasteiger partial charge in [-0.1, -0.05) is 13.8 Å². The van der Waals surface area contributed by atoms with Gasteiger partial charge in [-0.3, -0.25) is 24.0 Å². The lowest BCUT2D eigenvalue weighted by molar-refractivity contribution is -0.142. The van der Waals surface area contributed by atoms with E-state index in [0.717, 1.165) is 0 Å². The lowest BCUT2D eigenvalue weighted by atomic mass is 10.0. The fourth-order valence-corrected chi connectivity index (χ4v) is 2.46.